The zero-order valence-corrected chi connectivity index (χ0v) is 27.5. The molecule has 0 saturated heterocycles. The lowest BCUT2D eigenvalue weighted by atomic mass is 9.78. The van der Waals surface area contributed by atoms with Crippen molar-refractivity contribution in [1.29, 1.82) is 0 Å². The van der Waals surface area contributed by atoms with E-state index >= 15 is 0 Å². The van der Waals surface area contributed by atoms with Crippen LogP contribution < -0.4 is 24.8 Å². The van der Waals surface area contributed by atoms with E-state index in [1.807, 2.05) is 0 Å². The van der Waals surface area contributed by atoms with Gasteiger partial charge in [-0.05, 0) is 87.4 Å². The van der Waals surface area contributed by atoms with Crippen LogP contribution in [-0.2, 0) is 5.41 Å². The van der Waals surface area contributed by atoms with Crippen molar-refractivity contribution in [2.24, 2.45) is 0 Å². The predicted octanol–water partition coefficient (Wildman–Crippen LogP) is 8.07. The lowest BCUT2D eigenvalue weighted by molar-refractivity contribution is 0.399. The summed E-state index contributed by atoms with van der Waals surface area (Å²) >= 11 is 0. The molecule has 42 heavy (non-hydrogen) atoms. The quantitative estimate of drug-likeness (QED) is 0.236. The second-order valence-electron chi connectivity index (χ2n) is 14.5. The standard InChI is InChI=1S/C39H47N2O/c1-12-40-32-20-34-29(18-27(32)24(3)22-38(40,8)9)36(26-16-14-15-17-31(26)37(5,6)7)30-19-28-25(4)23-39(10,11)41(13-2)33(28)21-35(30)42-34/h14-23H,12-13H2,1-11H3/q+1. The molecule has 6 rings (SSSR count). The molecule has 0 saturated carbocycles. The third-order valence-electron chi connectivity index (χ3n) is 9.55. The van der Waals surface area contributed by atoms with Crippen molar-refractivity contribution in [3.05, 3.63) is 99.1 Å². The van der Waals surface area contributed by atoms with Gasteiger partial charge in [-0.25, -0.2) is 4.58 Å². The van der Waals surface area contributed by atoms with Crippen LogP contribution >= 0.6 is 0 Å². The third kappa shape index (κ3) is 4.27. The van der Waals surface area contributed by atoms with Crippen molar-refractivity contribution >= 4 is 22.4 Å². The number of nitrogens with zero attached hydrogens (tertiary/aromatic N) is 2. The summed E-state index contributed by atoms with van der Waals surface area (Å²) in [6.07, 6.45) is 4.83. The first kappa shape index (κ1) is 28.5. The Labute approximate surface area is 252 Å². The van der Waals surface area contributed by atoms with Crippen LogP contribution in [0, 0.1) is 0 Å². The number of benzene rings is 3. The number of hydrogen-bond donors (Lipinski definition) is 0. The summed E-state index contributed by atoms with van der Waals surface area (Å²) in [6.45, 7) is 27.0. The van der Waals surface area contributed by atoms with Gasteiger partial charge in [0.05, 0.1) is 11.6 Å². The number of fused-ring (bicyclic) bond motifs is 4. The summed E-state index contributed by atoms with van der Waals surface area (Å²) in [5, 5.41) is 2.42. The molecule has 0 fully saturated rings. The van der Waals surface area contributed by atoms with Gasteiger partial charge in [0.15, 0.2) is 5.54 Å². The summed E-state index contributed by atoms with van der Waals surface area (Å²) in [6, 6.07) is 18.4. The van der Waals surface area contributed by atoms with Gasteiger partial charge >= 0.3 is 0 Å². The van der Waals surface area contributed by atoms with Crippen LogP contribution in [0.1, 0.15) is 104 Å². The van der Waals surface area contributed by atoms with Crippen molar-refractivity contribution < 1.29 is 4.74 Å². The molecular formula is C39H47N2O+. The minimum Gasteiger partial charge on any atom is -0.456 e. The summed E-state index contributed by atoms with van der Waals surface area (Å²) in [5.74, 6) is 1.88. The van der Waals surface area contributed by atoms with Gasteiger partial charge in [0.2, 0.25) is 5.36 Å². The van der Waals surface area contributed by atoms with Gasteiger partial charge in [0, 0.05) is 59.6 Å². The fourth-order valence-corrected chi connectivity index (χ4v) is 7.83. The topological polar surface area (TPSA) is 15.5 Å². The largest absolute Gasteiger partial charge is 0.456 e. The maximum Gasteiger partial charge on any atom is 0.211 e. The number of allylic oxidation sites excluding steroid dienone is 2. The van der Waals surface area contributed by atoms with E-state index < -0.39 is 0 Å². The van der Waals surface area contributed by atoms with Gasteiger partial charge in [-0.1, -0.05) is 51.1 Å². The first-order valence-electron chi connectivity index (χ1n) is 15.6. The number of anilines is 1. The Balaban J connectivity index is 1.77. The molecule has 0 bridgehead atoms. The molecule has 3 aliphatic heterocycles. The van der Waals surface area contributed by atoms with E-state index in [-0.39, 0.29) is 16.5 Å². The highest BCUT2D eigenvalue weighted by atomic mass is 16.5. The molecule has 3 aliphatic rings. The van der Waals surface area contributed by atoms with Crippen LogP contribution in [0.4, 0.5) is 5.69 Å². The Hall–Kier alpha value is -3.59. The summed E-state index contributed by atoms with van der Waals surface area (Å²) < 4.78 is 9.47. The molecule has 0 N–H and O–H groups in total. The predicted molar refractivity (Wildman–Crippen MR) is 179 cm³/mol. The number of hydrogen-bond acceptors (Lipinski definition) is 2. The Kier molecular flexibility index (Phi) is 6.42. The Morgan fingerprint density at radius 2 is 1.48 bits per heavy atom. The van der Waals surface area contributed by atoms with Gasteiger partial charge in [-0.15, -0.1) is 0 Å². The average Bonchev–Trinajstić information content (AvgIpc) is 2.89. The lowest BCUT2D eigenvalue weighted by Gasteiger charge is -2.43. The molecule has 3 heterocycles. The van der Waals surface area contributed by atoms with E-state index in [0.717, 1.165) is 24.6 Å². The first-order valence-corrected chi connectivity index (χ1v) is 15.6. The molecule has 3 nitrogen and oxygen atoms in total. The maximum atomic E-state index is 6.97. The Bertz CT molecular complexity index is 1820. The normalized spacial score (nSPS) is 18.3. The van der Waals surface area contributed by atoms with Crippen LogP contribution in [0.25, 0.3) is 16.7 Å². The minimum atomic E-state index is -0.0613. The Morgan fingerprint density at radius 1 is 0.786 bits per heavy atom. The highest BCUT2D eigenvalue weighted by Crippen LogP contribution is 2.47. The van der Waals surface area contributed by atoms with Crippen LogP contribution in [0.3, 0.4) is 0 Å². The molecule has 0 radical (unpaired) electrons. The molecule has 0 aliphatic carbocycles. The van der Waals surface area contributed by atoms with Gasteiger partial charge in [0.1, 0.15) is 18.0 Å². The van der Waals surface area contributed by atoms with E-state index in [1.165, 1.54) is 60.8 Å². The number of likely N-dealkylation sites (N-methyl/N-ethyl adjacent to an activating group) is 2. The summed E-state index contributed by atoms with van der Waals surface area (Å²) in [5.41, 5.74) is 11.4. The molecule has 0 atom stereocenters. The average molecular weight is 560 g/mol. The van der Waals surface area contributed by atoms with Crippen LogP contribution in [-0.4, -0.2) is 24.2 Å². The van der Waals surface area contributed by atoms with Crippen molar-refractivity contribution in [2.45, 2.75) is 92.7 Å². The molecule has 3 aromatic rings. The van der Waals surface area contributed by atoms with Gasteiger partial charge in [0.25, 0.3) is 0 Å². The zero-order valence-electron chi connectivity index (χ0n) is 27.5. The van der Waals surface area contributed by atoms with Crippen LogP contribution in [0.5, 0.6) is 11.5 Å². The smallest absolute Gasteiger partial charge is 0.211 e. The number of rotatable bonds is 3. The van der Waals surface area contributed by atoms with Gasteiger partial charge in [-0.2, -0.15) is 0 Å². The van der Waals surface area contributed by atoms with E-state index in [0.29, 0.717) is 0 Å². The molecule has 3 aromatic carbocycles. The lowest BCUT2D eigenvalue weighted by Crippen LogP contribution is -2.49. The molecule has 0 spiro atoms. The summed E-state index contributed by atoms with van der Waals surface area (Å²) in [4.78, 5) is 2.50. The second kappa shape index (κ2) is 9.46. The monoisotopic (exact) mass is 559 g/mol. The highest BCUT2D eigenvalue weighted by molar-refractivity contribution is 5.92. The molecule has 0 amide bonds. The SMILES string of the molecule is CCN1c2cc3c(cc2C(C)=CC1(C)C)C(c1ccccc1C(C)(C)C)=c1cc2c(cc1O3)=[N+](CC)C(C)(C)C=C2C. The first-order chi connectivity index (χ1) is 19.7. The van der Waals surface area contributed by atoms with E-state index in [2.05, 4.69) is 146 Å². The molecule has 0 unspecified atom stereocenters. The van der Waals surface area contributed by atoms with Crippen molar-refractivity contribution in [2.75, 3.05) is 18.0 Å². The van der Waals surface area contributed by atoms with Gasteiger partial charge in [-0.3, -0.25) is 0 Å². The Morgan fingerprint density at radius 3 is 2.14 bits per heavy atom. The molecule has 218 valence electrons. The zero-order chi connectivity index (χ0) is 30.4. The van der Waals surface area contributed by atoms with Crippen LogP contribution in [0.15, 0.2) is 60.7 Å². The van der Waals surface area contributed by atoms with Crippen molar-refractivity contribution in [3.8, 4) is 11.5 Å². The van der Waals surface area contributed by atoms with Crippen molar-refractivity contribution in [3.63, 3.8) is 0 Å². The molecular weight excluding hydrogens is 512 g/mol. The fourth-order valence-electron chi connectivity index (χ4n) is 7.83. The minimum absolute atomic E-state index is 0.0116. The molecule has 0 aromatic heterocycles. The van der Waals surface area contributed by atoms with Crippen molar-refractivity contribution in [1.82, 2.24) is 4.58 Å². The third-order valence-corrected chi connectivity index (χ3v) is 9.55. The summed E-state index contributed by atoms with van der Waals surface area (Å²) in [7, 11) is 0. The van der Waals surface area contributed by atoms with E-state index in [1.54, 1.807) is 0 Å². The van der Waals surface area contributed by atoms with Gasteiger partial charge < -0.3 is 9.64 Å². The molecule has 3 heteroatoms. The van der Waals surface area contributed by atoms with E-state index in [9.17, 15) is 0 Å². The van der Waals surface area contributed by atoms with Crippen LogP contribution in [0.2, 0.25) is 0 Å². The second-order valence-corrected chi connectivity index (χ2v) is 14.5. The number of ether oxygens (including phenoxy) is 1. The van der Waals surface area contributed by atoms with E-state index in [4.69, 9.17) is 4.74 Å². The fraction of sp³-hybridized carbons (Fsp3) is 0.410. The maximum absolute atomic E-state index is 6.97. The highest BCUT2D eigenvalue weighted by Gasteiger charge is 2.36.